The van der Waals surface area contributed by atoms with Crippen LogP contribution >= 0.6 is 0 Å². The van der Waals surface area contributed by atoms with Gasteiger partial charge in [0.05, 0.1) is 18.5 Å². The summed E-state index contributed by atoms with van der Waals surface area (Å²) in [6.45, 7) is 3.86. The average Bonchev–Trinajstić information content (AvgIpc) is 2.87. The summed E-state index contributed by atoms with van der Waals surface area (Å²) in [6.07, 6.45) is -4.69. The first-order chi connectivity index (χ1) is 19.4. The zero-order valence-corrected chi connectivity index (χ0v) is 26.0. The molecular formula is C24H38N2O13S3. The Morgan fingerprint density at radius 2 is 1.64 bits per heavy atom. The molecule has 0 fully saturated rings. The maximum atomic E-state index is 13.5. The van der Waals surface area contributed by atoms with Crippen LogP contribution in [0.1, 0.15) is 39.2 Å². The topological polar surface area (TPSA) is 246 Å². The van der Waals surface area contributed by atoms with E-state index in [2.05, 4.69) is 10.1 Å². The third-order valence-corrected chi connectivity index (χ3v) is 9.98. The first-order valence-electron chi connectivity index (χ1n) is 12.7. The fraction of sp³-hybridized carbons (Fsp3) is 0.625. The Kier molecular flexibility index (Phi) is 15.2. The van der Waals surface area contributed by atoms with Crippen LogP contribution in [0.5, 0.6) is 0 Å². The van der Waals surface area contributed by atoms with Gasteiger partial charge in [-0.2, -0.15) is 0 Å². The van der Waals surface area contributed by atoms with E-state index in [1.54, 1.807) is 30.3 Å². The van der Waals surface area contributed by atoms with E-state index in [-0.39, 0.29) is 13.0 Å². The summed E-state index contributed by atoms with van der Waals surface area (Å²) in [5.41, 5.74) is 6.57. The number of carbonyl (C=O) groups excluding carboxylic acids is 3. The van der Waals surface area contributed by atoms with Gasteiger partial charge < -0.3 is 39.5 Å². The van der Waals surface area contributed by atoms with E-state index in [0.717, 1.165) is 13.2 Å². The highest BCUT2D eigenvalue weighted by atomic mass is 32.3. The lowest BCUT2D eigenvalue weighted by molar-refractivity contribution is -0.174. The number of hydrogen-bond acceptors (Lipinski definition) is 12. The molecule has 0 aliphatic heterocycles. The van der Waals surface area contributed by atoms with Crippen molar-refractivity contribution in [2.45, 2.75) is 68.6 Å². The van der Waals surface area contributed by atoms with Crippen LogP contribution in [0.3, 0.4) is 0 Å². The van der Waals surface area contributed by atoms with Crippen molar-refractivity contribution in [1.82, 2.24) is 5.32 Å². The highest BCUT2D eigenvalue weighted by Crippen LogP contribution is 2.33. The second-order valence-corrected chi connectivity index (χ2v) is 14.4. The Labute approximate surface area is 249 Å². The Hall–Kier alpha value is -2.48. The van der Waals surface area contributed by atoms with Crippen LogP contribution in [-0.2, 0) is 62.2 Å². The minimum absolute atomic E-state index is 0.00861. The van der Waals surface area contributed by atoms with Crippen LogP contribution in [0.2, 0.25) is 0 Å². The van der Waals surface area contributed by atoms with Crippen molar-refractivity contribution in [3.8, 4) is 0 Å². The number of aliphatic hydroxyl groups is 1. The van der Waals surface area contributed by atoms with Gasteiger partial charge in [0.2, 0.25) is 12.2 Å². The standard InChI is InChI=1S/C24H38N2O13S3/c1-5-37-23(30)39-16(3)38-22(29)20(15(2)27)26-21(28)18(13-17-9-7-6-8-10-17)14-24(40(31)32,41(33)34)19(25)11-12-42(4,35)36/h6-10,15-16,18-20,27H,5,11-14,25H2,1-4H3,(H,26,28)(H,31,32)(H,33,34). The van der Waals surface area contributed by atoms with Gasteiger partial charge in [-0.05, 0) is 38.7 Å². The number of sulfone groups is 1. The first kappa shape index (κ1) is 37.5. The van der Waals surface area contributed by atoms with E-state index in [4.69, 9.17) is 15.2 Å². The summed E-state index contributed by atoms with van der Waals surface area (Å²) in [4.78, 5) is 37.8. The molecule has 42 heavy (non-hydrogen) atoms. The molecule has 1 aromatic carbocycles. The number of ether oxygens (including phenoxy) is 3. The van der Waals surface area contributed by atoms with Crippen molar-refractivity contribution in [3.63, 3.8) is 0 Å². The lowest BCUT2D eigenvalue weighted by Crippen LogP contribution is -2.58. The van der Waals surface area contributed by atoms with Crippen molar-refractivity contribution < 1.29 is 59.6 Å². The zero-order valence-electron chi connectivity index (χ0n) is 23.5. The van der Waals surface area contributed by atoms with Crippen molar-refractivity contribution in [1.29, 1.82) is 0 Å². The van der Waals surface area contributed by atoms with Gasteiger partial charge in [-0.1, -0.05) is 30.3 Å². The Balaban J connectivity index is 3.39. The van der Waals surface area contributed by atoms with Crippen molar-refractivity contribution in [2.75, 3.05) is 18.6 Å². The number of nitrogens with two attached hydrogens (primary N) is 1. The predicted molar refractivity (Wildman–Crippen MR) is 152 cm³/mol. The average molecular weight is 659 g/mol. The fourth-order valence-corrected chi connectivity index (χ4v) is 6.48. The van der Waals surface area contributed by atoms with Gasteiger partial charge in [0, 0.05) is 25.1 Å². The van der Waals surface area contributed by atoms with Gasteiger partial charge in [0.15, 0.2) is 32.3 Å². The van der Waals surface area contributed by atoms with Crippen molar-refractivity contribution in [3.05, 3.63) is 35.9 Å². The number of benzene rings is 1. The van der Waals surface area contributed by atoms with Crippen LogP contribution in [-0.4, -0.2) is 96.3 Å². The Morgan fingerprint density at radius 1 is 1.07 bits per heavy atom. The number of carbonyl (C=O) groups is 3. The maximum absolute atomic E-state index is 13.5. The largest absolute Gasteiger partial charge is 0.511 e. The lowest BCUT2D eigenvalue weighted by Gasteiger charge is -2.35. The molecule has 0 aliphatic rings. The van der Waals surface area contributed by atoms with Gasteiger partial charge in [0.1, 0.15) is 9.84 Å². The monoisotopic (exact) mass is 658 g/mol. The number of amides is 1. The summed E-state index contributed by atoms with van der Waals surface area (Å²) in [5.74, 6) is -4.16. The van der Waals surface area contributed by atoms with E-state index in [1.165, 1.54) is 13.8 Å². The van der Waals surface area contributed by atoms with E-state index in [0.29, 0.717) is 5.56 Å². The SMILES string of the molecule is CCOC(=O)OC(C)OC(=O)C(NC(=O)C(Cc1ccccc1)CC(C(N)CCS(C)(=O)=O)(S(=O)O)S(=O)O)C(C)O. The highest BCUT2D eigenvalue weighted by Gasteiger charge is 2.51. The minimum Gasteiger partial charge on any atom is -0.435 e. The molecule has 0 saturated heterocycles. The quantitative estimate of drug-likeness (QED) is 0.0844. The lowest BCUT2D eigenvalue weighted by atomic mass is 9.90. The molecule has 7 unspecified atom stereocenters. The summed E-state index contributed by atoms with van der Waals surface area (Å²) in [5, 5.41) is 12.5. The van der Waals surface area contributed by atoms with E-state index in [1.807, 2.05) is 0 Å². The normalized spacial score (nSPS) is 18.2. The highest BCUT2D eigenvalue weighted by molar-refractivity contribution is 7.99. The molecule has 0 spiro atoms. The number of esters is 1. The molecule has 18 heteroatoms. The maximum Gasteiger partial charge on any atom is 0.511 e. The number of rotatable bonds is 17. The molecule has 1 rings (SSSR count). The minimum atomic E-state index is -3.62. The summed E-state index contributed by atoms with van der Waals surface area (Å²) in [6, 6.07) is 4.85. The molecule has 1 aromatic rings. The van der Waals surface area contributed by atoms with Gasteiger partial charge in [-0.3, -0.25) is 4.79 Å². The van der Waals surface area contributed by atoms with Gasteiger partial charge >= 0.3 is 12.1 Å². The molecule has 0 bridgehead atoms. The summed E-state index contributed by atoms with van der Waals surface area (Å²) >= 11 is -6.29. The molecule has 0 aromatic heterocycles. The molecule has 0 saturated carbocycles. The molecule has 0 heterocycles. The zero-order chi connectivity index (χ0) is 32.3. The molecule has 7 atom stereocenters. The van der Waals surface area contributed by atoms with E-state index >= 15 is 0 Å². The molecule has 1 amide bonds. The second-order valence-electron chi connectivity index (χ2n) is 9.46. The summed E-state index contributed by atoms with van der Waals surface area (Å²) < 4.78 is 80.6. The van der Waals surface area contributed by atoms with Crippen LogP contribution in [0.4, 0.5) is 4.79 Å². The smallest absolute Gasteiger partial charge is 0.435 e. The molecule has 240 valence electrons. The molecule has 6 N–H and O–H groups in total. The van der Waals surface area contributed by atoms with Crippen LogP contribution in [0.25, 0.3) is 0 Å². The number of nitrogens with one attached hydrogen (secondary N) is 1. The third kappa shape index (κ3) is 11.7. The van der Waals surface area contributed by atoms with Gasteiger partial charge in [-0.15, -0.1) is 0 Å². The molecule has 0 radical (unpaired) electrons. The van der Waals surface area contributed by atoms with Crippen LogP contribution in [0, 0.1) is 5.92 Å². The van der Waals surface area contributed by atoms with Crippen LogP contribution in [0.15, 0.2) is 30.3 Å². The number of aliphatic hydroxyl groups excluding tert-OH is 1. The van der Waals surface area contributed by atoms with Crippen molar-refractivity contribution in [2.24, 2.45) is 11.7 Å². The number of hydrogen-bond donors (Lipinski definition) is 5. The predicted octanol–water partition coefficient (Wildman–Crippen LogP) is 0.0650. The Morgan fingerprint density at radius 3 is 2.12 bits per heavy atom. The molecule has 15 nitrogen and oxygen atoms in total. The van der Waals surface area contributed by atoms with Crippen LogP contribution < -0.4 is 11.1 Å². The van der Waals surface area contributed by atoms with E-state index in [9.17, 15) is 45.4 Å². The van der Waals surface area contributed by atoms with E-state index < -0.39 is 103 Å². The van der Waals surface area contributed by atoms with Gasteiger partial charge in [-0.25, -0.2) is 26.4 Å². The van der Waals surface area contributed by atoms with Gasteiger partial charge in [0.25, 0.3) is 0 Å². The summed E-state index contributed by atoms with van der Waals surface area (Å²) in [7, 11) is -3.62. The Bertz CT molecular complexity index is 1200. The fourth-order valence-electron chi connectivity index (χ4n) is 3.87. The first-order valence-corrected chi connectivity index (χ1v) is 16.9. The third-order valence-electron chi connectivity index (χ3n) is 6.02. The molecular weight excluding hydrogens is 620 g/mol. The van der Waals surface area contributed by atoms with Crippen molar-refractivity contribution >= 4 is 50.0 Å². The second kappa shape index (κ2) is 17.0. The molecule has 0 aliphatic carbocycles.